The molecule has 0 atom stereocenters. The summed E-state index contributed by atoms with van der Waals surface area (Å²) in [5.74, 6) is 0.911. The second kappa shape index (κ2) is 7.15. The van der Waals surface area contributed by atoms with Gasteiger partial charge in [-0.25, -0.2) is 4.98 Å². The quantitative estimate of drug-likeness (QED) is 0.851. The second-order valence-electron chi connectivity index (χ2n) is 5.59. The molecule has 8 heteroatoms. The largest absolute Gasteiger partial charge is 0.353 e. The average Bonchev–Trinajstić information content (AvgIpc) is 3.17. The van der Waals surface area contributed by atoms with Crippen LogP contribution in [0.4, 0.5) is 0 Å². The molecule has 1 aliphatic carbocycles. The van der Waals surface area contributed by atoms with Crippen LogP contribution < -0.4 is 5.32 Å². The first-order valence-corrected chi connectivity index (χ1v) is 7.73. The fraction of sp³-hybridized carbons (Fsp3) is 0.643. The maximum Gasteiger partial charge on any atom is 0.228 e. The van der Waals surface area contributed by atoms with Crippen LogP contribution in [0.15, 0.2) is 17.2 Å². The average molecular weight is 304 g/mol. The third-order valence-electron chi connectivity index (χ3n) is 3.82. The van der Waals surface area contributed by atoms with Gasteiger partial charge in [0.05, 0.1) is 13.0 Å². The van der Waals surface area contributed by atoms with Gasteiger partial charge in [-0.3, -0.25) is 9.48 Å². The normalized spacial score (nSPS) is 15.8. The Morgan fingerprint density at radius 3 is 3.00 bits per heavy atom. The van der Waals surface area contributed by atoms with Gasteiger partial charge in [-0.15, -0.1) is 0 Å². The van der Waals surface area contributed by atoms with Gasteiger partial charge >= 0.3 is 0 Å². The number of amides is 1. The summed E-state index contributed by atoms with van der Waals surface area (Å²) < 4.78 is 6.85. The highest BCUT2D eigenvalue weighted by Gasteiger charge is 2.17. The predicted octanol–water partition coefficient (Wildman–Crippen LogP) is 0.895. The number of nitrogens with one attached hydrogen (secondary N) is 1. The number of nitrogens with zero attached hydrogens (tertiary/aromatic N) is 5. The smallest absolute Gasteiger partial charge is 0.228 e. The Morgan fingerprint density at radius 2 is 2.23 bits per heavy atom. The van der Waals surface area contributed by atoms with Crippen molar-refractivity contribution in [2.45, 2.75) is 57.5 Å². The lowest BCUT2D eigenvalue weighted by atomic mass is 9.95. The molecule has 1 aliphatic rings. The molecule has 1 fully saturated rings. The van der Waals surface area contributed by atoms with Gasteiger partial charge in [0.25, 0.3) is 0 Å². The van der Waals surface area contributed by atoms with E-state index >= 15 is 0 Å². The summed E-state index contributed by atoms with van der Waals surface area (Å²) in [4.78, 5) is 20.1. The molecule has 2 heterocycles. The number of carbonyl (C=O) groups is 1. The Bertz CT molecular complexity index is 588. The monoisotopic (exact) mass is 304 g/mol. The zero-order valence-corrected chi connectivity index (χ0v) is 12.4. The molecule has 0 bridgehead atoms. The third-order valence-corrected chi connectivity index (χ3v) is 3.82. The lowest BCUT2D eigenvalue weighted by molar-refractivity contribution is -0.121. The van der Waals surface area contributed by atoms with E-state index in [-0.39, 0.29) is 12.3 Å². The van der Waals surface area contributed by atoms with Crippen molar-refractivity contribution in [3.8, 4) is 0 Å². The molecule has 1 saturated carbocycles. The van der Waals surface area contributed by atoms with E-state index in [0.717, 1.165) is 12.8 Å². The summed E-state index contributed by atoms with van der Waals surface area (Å²) in [6.45, 7) is 0.621. The number of hydrogen-bond acceptors (Lipinski definition) is 6. The van der Waals surface area contributed by atoms with Crippen LogP contribution in [0.2, 0.25) is 0 Å². The van der Waals surface area contributed by atoms with Gasteiger partial charge in [0.2, 0.25) is 11.8 Å². The van der Waals surface area contributed by atoms with E-state index in [1.165, 1.54) is 25.6 Å². The summed E-state index contributed by atoms with van der Waals surface area (Å²) >= 11 is 0. The van der Waals surface area contributed by atoms with Gasteiger partial charge in [-0.05, 0) is 12.8 Å². The van der Waals surface area contributed by atoms with E-state index in [2.05, 4.69) is 25.5 Å². The highest BCUT2D eigenvalue weighted by molar-refractivity contribution is 5.77. The standard InChI is InChI=1S/C14H20N6O2/c21-13(17-11-4-2-1-3-5-11)8-12-18-14(22-19-12)6-7-20-10-15-9-16-20/h9-11H,1-8H2,(H,17,21). The van der Waals surface area contributed by atoms with E-state index in [0.29, 0.717) is 30.7 Å². The molecular weight excluding hydrogens is 284 g/mol. The maximum absolute atomic E-state index is 12.0. The first-order chi connectivity index (χ1) is 10.8. The van der Waals surface area contributed by atoms with Crippen LogP contribution in [-0.4, -0.2) is 36.9 Å². The maximum atomic E-state index is 12.0. The van der Waals surface area contributed by atoms with Gasteiger partial charge in [-0.1, -0.05) is 24.4 Å². The Kier molecular flexibility index (Phi) is 4.77. The lowest BCUT2D eigenvalue weighted by Crippen LogP contribution is -2.37. The van der Waals surface area contributed by atoms with Crippen LogP contribution in [0.1, 0.15) is 43.8 Å². The SMILES string of the molecule is O=C(Cc1noc(CCn2cncn2)n1)NC1CCCCC1. The molecule has 2 aromatic heterocycles. The van der Waals surface area contributed by atoms with Crippen molar-refractivity contribution in [3.63, 3.8) is 0 Å². The number of aromatic nitrogens is 5. The fourth-order valence-corrected chi connectivity index (χ4v) is 2.69. The minimum Gasteiger partial charge on any atom is -0.353 e. The third kappa shape index (κ3) is 4.12. The first kappa shape index (κ1) is 14.7. The van der Waals surface area contributed by atoms with Gasteiger partial charge in [0.15, 0.2) is 5.82 Å². The van der Waals surface area contributed by atoms with Gasteiger partial charge in [0.1, 0.15) is 12.7 Å². The van der Waals surface area contributed by atoms with Crippen LogP contribution in [0.5, 0.6) is 0 Å². The van der Waals surface area contributed by atoms with Crippen molar-refractivity contribution < 1.29 is 9.32 Å². The molecule has 1 N–H and O–H groups in total. The highest BCUT2D eigenvalue weighted by Crippen LogP contribution is 2.17. The summed E-state index contributed by atoms with van der Waals surface area (Å²) in [6.07, 6.45) is 9.65. The topological polar surface area (TPSA) is 98.7 Å². The van der Waals surface area contributed by atoms with Crippen molar-refractivity contribution in [1.29, 1.82) is 0 Å². The van der Waals surface area contributed by atoms with Crippen LogP contribution in [0.25, 0.3) is 0 Å². The summed E-state index contributed by atoms with van der Waals surface area (Å²) in [6, 6.07) is 0.305. The minimum atomic E-state index is -0.0319. The molecule has 0 unspecified atom stereocenters. The molecular formula is C14H20N6O2. The number of aryl methyl sites for hydroxylation is 2. The van der Waals surface area contributed by atoms with Gasteiger partial charge in [0, 0.05) is 12.5 Å². The summed E-state index contributed by atoms with van der Waals surface area (Å²) in [5.41, 5.74) is 0. The van der Waals surface area contributed by atoms with Crippen LogP contribution >= 0.6 is 0 Å². The van der Waals surface area contributed by atoms with Gasteiger partial charge < -0.3 is 9.84 Å². The van der Waals surface area contributed by atoms with Crippen molar-refractivity contribution in [1.82, 2.24) is 30.2 Å². The molecule has 3 rings (SSSR count). The van der Waals surface area contributed by atoms with Crippen LogP contribution in [-0.2, 0) is 24.2 Å². The van der Waals surface area contributed by atoms with Gasteiger partial charge in [-0.2, -0.15) is 10.1 Å². The van der Waals surface area contributed by atoms with Crippen molar-refractivity contribution in [3.05, 3.63) is 24.4 Å². The minimum absolute atomic E-state index is 0.0319. The molecule has 22 heavy (non-hydrogen) atoms. The van der Waals surface area contributed by atoms with E-state index in [4.69, 9.17) is 4.52 Å². The van der Waals surface area contributed by atoms with E-state index in [9.17, 15) is 4.79 Å². The van der Waals surface area contributed by atoms with Crippen LogP contribution in [0, 0.1) is 0 Å². The number of carbonyl (C=O) groups excluding carboxylic acids is 1. The van der Waals surface area contributed by atoms with Crippen molar-refractivity contribution in [2.24, 2.45) is 0 Å². The fourth-order valence-electron chi connectivity index (χ4n) is 2.69. The lowest BCUT2D eigenvalue weighted by Gasteiger charge is -2.22. The molecule has 0 saturated heterocycles. The zero-order chi connectivity index (χ0) is 15.2. The molecule has 0 spiro atoms. The van der Waals surface area contributed by atoms with Crippen molar-refractivity contribution >= 4 is 5.91 Å². The molecule has 0 aliphatic heterocycles. The number of hydrogen-bond donors (Lipinski definition) is 1. The predicted molar refractivity (Wildman–Crippen MR) is 76.7 cm³/mol. The Balaban J connectivity index is 1.45. The molecule has 118 valence electrons. The summed E-state index contributed by atoms with van der Waals surface area (Å²) in [7, 11) is 0. The van der Waals surface area contributed by atoms with E-state index in [1.54, 1.807) is 11.0 Å². The van der Waals surface area contributed by atoms with E-state index < -0.39 is 0 Å². The summed E-state index contributed by atoms with van der Waals surface area (Å²) in [5, 5.41) is 10.9. The first-order valence-electron chi connectivity index (χ1n) is 7.73. The van der Waals surface area contributed by atoms with E-state index in [1.807, 2.05) is 0 Å². The number of rotatable bonds is 6. The Labute approximate surface area is 128 Å². The van der Waals surface area contributed by atoms with Crippen LogP contribution in [0.3, 0.4) is 0 Å². The second-order valence-corrected chi connectivity index (χ2v) is 5.59. The molecule has 1 amide bonds. The Hall–Kier alpha value is -2.25. The zero-order valence-electron chi connectivity index (χ0n) is 12.4. The molecule has 2 aromatic rings. The Morgan fingerprint density at radius 1 is 1.36 bits per heavy atom. The molecule has 0 radical (unpaired) electrons. The molecule has 8 nitrogen and oxygen atoms in total. The highest BCUT2D eigenvalue weighted by atomic mass is 16.5. The van der Waals surface area contributed by atoms with Crippen molar-refractivity contribution in [2.75, 3.05) is 0 Å². The molecule has 0 aromatic carbocycles.